The normalized spacial score (nSPS) is 17.9. The molecule has 1 aliphatic heterocycles. The van der Waals surface area contributed by atoms with Crippen molar-refractivity contribution >= 4 is 23.1 Å². The molecule has 0 aliphatic carbocycles. The van der Waals surface area contributed by atoms with Gasteiger partial charge in [0.2, 0.25) is 5.78 Å². The van der Waals surface area contributed by atoms with Crippen molar-refractivity contribution in [2.24, 2.45) is 11.8 Å². The van der Waals surface area contributed by atoms with E-state index in [9.17, 15) is 19.7 Å². The van der Waals surface area contributed by atoms with E-state index < -0.39 is 23.3 Å². The van der Waals surface area contributed by atoms with Crippen molar-refractivity contribution in [3.63, 3.8) is 0 Å². The fourth-order valence-corrected chi connectivity index (χ4v) is 4.25. The van der Waals surface area contributed by atoms with Crippen LogP contribution in [0, 0.1) is 22.0 Å². The zero-order valence-corrected chi connectivity index (χ0v) is 19.2. The van der Waals surface area contributed by atoms with Gasteiger partial charge in [-0.1, -0.05) is 13.8 Å². The summed E-state index contributed by atoms with van der Waals surface area (Å²) in [6.07, 6.45) is 1.07. The lowest BCUT2D eigenvalue weighted by Crippen LogP contribution is -2.39. The van der Waals surface area contributed by atoms with E-state index >= 15 is 0 Å². The van der Waals surface area contributed by atoms with Crippen molar-refractivity contribution in [2.45, 2.75) is 20.3 Å². The third kappa shape index (κ3) is 5.60. The van der Waals surface area contributed by atoms with E-state index in [-0.39, 0.29) is 16.8 Å². The number of esters is 1. The second-order valence-electron chi connectivity index (χ2n) is 8.38. The minimum atomic E-state index is -0.819. The zero-order valence-electron chi connectivity index (χ0n) is 19.2. The van der Waals surface area contributed by atoms with E-state index in [1.54, 1.807) is 18.2 Å². The summed E-state index contributed by atoms with van der Waals surface area (Å²) in [5.41, 5.74) is 0.534. The number of Topliss-reactive ketones (excluding diaryl/α,β-unsaturated/α-hetero) is 1. The number of piperidine rings is 1. The van der Waals surface area contributed by atoms with Gasteiger partial charge in [0.25, 0.3) is 5.69 Å². The molecule has 3 rings (SSSR count). The summed E-state index contributed by atoms with van der Waals surface area (Å²) >= 11 is 0. The average molecular weight is 456 g/mol. The first-order chi connectivity index (χ1) is 15.7. The largest absolute Gasteiger partial charge is 0.497 e. The van der Waals surface area contributed by atoms with Crippen LogP contribution in [0.3, 0.4) is 0 Å². The van der Waals surface area contributed by atoms with E-state index in [0.29, 0.717) is 42.1 Å². The van der Waals surface area contributed by atoms with E-state index in [0.717, 1.165) is 6.42 Å². The number of nitrogens with zero attached hydrogens (tertiary/aromatic N) is 2. The highest BCUT2D eigenvalue weighted by atomic mass is 16.6. The molecule has 2 aromatic rings. The molecule has 0 radical (unpaired) electrons. The molecule has 0 spiro atoms. The van der Waals surface area contributed by atoms with Gasteiger partial charge in [-0.05, 0) is 48.6 Å². The maximum Gasteiger partial charge on any atom is 0.338 e. The highest BCUT2D eigenvalue weighted by Gasteiger charge is 2.28. The Morgan fingerprint density at radius 2 is 1.76 bits per heavy atom. The number of ketones is 1. The molecule has 176 valence electrons. The van der Waals surface area contributed by atoms with Gasteiger partial charge >= 0.3 is 5.97 Å². The van der Waals surface area contributed by atoms with Crippen molar-refractivity contribution in [3.05, 3.63) is 57.6 Å². The van der Waals surface area contributed by atoms with Gasteiger partial charge in [-0.2, -0.15) is 0 Å². The monoisotopic (exact) mass is 456 g/mol. The number of benzene rings is 2. The molecule has 2 aromatic carbocycles. The molecule has 0 amide bonds. The molecule has 2 atom stereocenters. The van der Waals surface area contributed by atoms with E-state index in [1.165, 1.54) is 32.4 Å². The third-order valence-corrected chi connectivity index (χ3v) is 5.66. The minimum absolute atomic E-state index is 0.00830. The number of hydrogen-bond donors (Lipinski definition) is 0. The van der Waals surface area contributed by atoms with Crippen molar-refractivity contribution in [2.75, 3.05) is 38.8 Å². The fraction of sp³-hybridized carbons (Fsp3) is 0.417. The topological polar surface area (TPSA) is 108 Å². The number of nitro benzene ring substituents is 1. The summed E-state index contributed by atoms with van der Waals surface area (Å²) in [6.45, 7) is 5.12. The molecule has 33 heavy (non-hydrogen) atoms. The Hall–Kier alpha value is -3.62. The highest BCUT2D eigenvalue weighted by Crippen LogP contribution is 2.34. The van der Waals surface area contributed by atoms with Gasteiger partial charge in [-0.3, -0.25) is 14.9 Å². The van der Waals surface area contributed by atoms with Crippen LogP contribution in [0.1, 0.15) is 41.0 Å². The van der Waals surface area contributed by atoms with Crippen molar-refractivity contribution < 1.29 is 28.7 Å². The summed E-state index contributed by atoms with van der Waals surface area (Å²) in [5.74, 6) is 0.303. The van der Waals surface area contributed by atoms with Gasteiger partial charge in [0.1, 0.15) is 17.2 Å². The van der Waals surface area contributed by atoms with Crippen molar-refractivity contribution in [3.8, 4) is 11.5 Å². The lowest BCUT2D eigenvalue weighted by atomic mass is 9.91. The van der Waals surface area contributed by atoms with Crippen LogP contribution in [-0.2, 0) is 4.74 Å². The average Bonchev–Trinajstić information content (AvgIpc) is 2.80. The second-order valence-corrected chi connectivity index (χ2v) is 8.38. The van der Waals surface area contributed by atoms with Gasteiger partial charge in [0.05, 0.1) is 30.3 Å². The predicted octanol–water partition coefficient (Wildman–Crippen LogP) is 4.13. The lowest BCUT2D eigenvalue weighted by Gasteiger charge is -2.36. The van der Waals surface area contributed by atoms with E-state index in [4.69, 9.17) is 14.2 Å². The second kappa shape index (κ2) is 10.3. The van der Waals surface area contributed by atoms with Gasteiger partial charge in [0.15, 0.2) is 6.61 Å². The Labute approximate surface area is 192 Å². The Morgan fingerprint density at radius 3 is 2.36 bits per heavy atom. The molecule has 9 heteroatoms. The molecular weight excluding hydrogens is 428 g/mol. The number of methoxy groups -OCH3 is 2. The molecule has 0 aromatic heterocycles. The van der Waals surface area contributed by atoms with Crippen LogP contribution in [0.15, 0.2) is 36.4 Å². The standard InChI is InChI=1S/C24H28N2O7/c1-15-9-16(2)13-25(12-15)20-7-5-17(10-21(20)26(29)30)24(28)33-14-22(27)19-11-18(31-3)6-8-23(19)32-4/h5-8,10-11,15-16H,9,12-14H2,1-4H3/t15-,16+. The molecule has 0 saturated carbocycles. The van der Waals surface area contributed by atoms with Gasteiger partial charge in [-0.15, -0.1) is 0 Å². The van der Waals surface area contributed by atoms with Crippen LogP contribution in [0.25, 0.3) is 0 Å². The third-order valence-electron chi connectivity index (χ3n) is 5.66. The smallest absolute Gasteiger partial charge is 0.338 e. The van der Waals surface area contributed by atoms with Gasteiger partial charge < -0.3 is 19.1 Å². The summed E-state index contributed by atoms with van der Waals surface area (Å²) < 4.78 is 15.5. The quantitative estimate of drug-likeness (QED) is 0.252. The fourth-order valence-electron chi connectivity index (χ4n) is 4.25. The number of ether oxygens (including phenoxy) is 3. The number of anilines is 1. The van der Waals surface area contributed by atoms with Gasteiger partial charge in [-0.25, -0.2) is 4.79 Å². The van der Waals surface area contributed by atoms with Gasteiger partial charge in [0, 0.05) is 19.2 Å². The Bertz CT molecular complexity index is 1040. The summed E-state index contributed by atoms with van der Waals surface area (Å²) in [4.78, 5) is 38.4. The first-order valence-corrected chi connectivity index (χ1v) is 10.7. The molecule has 1 aliphatic rings. The zero-order chi connectivity index (χ0) is 24.1. The Balaban J connectivity index is 1.76. The van der Waals surface area contributed by atoms with Crippen LogP contribution >= 0.6 is 0 Å². The first-order valence-electron chi connectivity index (χ1n) is 10.7. The molecule has 9 nitrogen and oxygen atoms in total. The Kier molecular flexibility index (Phi) is 7.52. The van der Waals surface area contributed by atoms with Crippen LogP contribution in [0.5, 0.6) is 11.5 Å². The Morgan fingerprint density at radius 1 is 1.06 bits per heavy atom. The predicted molar refractivity (Wildman–Crippen MR) is 122 cm³/mol. The molecule has 0 N–H and O–H groups in total. The molecule has 0 bridgehead atoms. The number of rotatable bonds is 8. The van der Waals surface area contributed by atoms with Crippen LogP contribution in [0.2, 0.25) is 0 Å². The lowest BCUT2D eigenvalue weighted by molar-refractivity contribution is -0.384. The van der Waals surface area contributed by atoms with Crippen molar-refractivity contribution in [1.29, 1.82) is 0 Å². The van der Waals surface area contributed by atoms with Crippen LogP contribution < -0.4 is 14.4 Å². The van der Waals surface area contributed by atoms with Crippen LogP contribution in [-0.4, -0.2) is 50.6 Å². The molecule has 0 unspecified atom stereocenters. The molecule has 1 saturated heterocycles. The van der Waals surface area contributed by atoms with E-state index in [1.807, 2.05) is 4.90 Å². The molecule has 1 fully saturated rings. The summed E-state index contributed by atoms with van der Waals surface area (Å²) in [5, 5.41) is 11.7. The van der Waals surface area contributed by atoms with Crippen LogP contribution in [0.4, 0.5) is 11.4 Å². The minimum Gasteiger partial charge on any atom is -0.497 e. The summed E-state index contributed by atoms with van der Waals surface area (Å²) in [7, 11) is 2.90. The molecular formula is C24H28N2O7. The molecule has 1 heterocycles. The summed E-state index contributed by atoms with van der Waals surface area (Å²) in [6, 6.07) is 9.00. The SMILES string of the molecule is COc1ccc(OC)c(C(=O)COC(=O)c2ccc(N3C[C@H](C)C[C@H](C)C3)c([N+](=O)[O-])c2)c1. The number of hydrogen-bond acceptors (Lipinski definition) is 8. The maximum atomic E-state index is 12.6. The highest BCUT2D eigenvalue weighted by molar-refractivity contribution is 6.02. The number of carbonyl (C=O) groups is 2. The first kappa shape index (κ1) is 24.0. The van der Waals surface area contributed by atoms with E-state index in [2.05, 4.69) is 13.8 Å². The number of carbonyl (C=O) groups excluding carboxylic acids is 2. The maximum absolute atomic E-state index is 12.6. The van der Waals surface area contributed by atoms with Crippen molar-refractivity contribution in [1.82, 2.24) is 0 Å². The number of nitro groups is 1.